The van der Waals surface area contributed by atoms with Crippen molar-refractivity contribution in [3.8, 4) is 11.8 Å². The molecule has 5 heteroatoms. The Balaban J connectivity index is 2.44. The van der Waals surface area contributed by atoms with Gasteiger partial charge in [-0.15, -0.1) is 0 Å². The normalized spacial score (nSPS) is 11.8. The summed E-state index contributed by atoms with van der Waals surface area (Å²) in [5, 5.41) is 9.00. The first-order valence-corrected chi connectivity index (χ1v) is 8.39. The third-order valence-electron chi connectivity index (χ3n) is 3.20. The fourth-order valence-electron chi connectivity index (χ4n) is 2.05. The molecule has 0 aliphatic heterocycles. The molecule has 0 saturated carbocycles. The second kappa shape index (κ2) is 6.46. The van der Waals surface area contributed by atoms with Crippen LogP contribution < -0.4 is 4.74 Å². The van der Waals surface area contributed by atoms with Gasteiger partial charge < -0.3 is 4.74 Å². The molecule has 0 unspecified atom stereocenters. The molecule has 0 bridgehead atoms. The zero-order valence-electron chi connectivity index (χ0n) is 12.3. The number of ether oxygens (including phenoxy) is 1. The van der Waals surface area contributed by atoms with Crippen molar-refractivity contribution in [3.05, 3.63) is 65.7 Å². The van der Waals surface area contributed by atoms with Crippen LogP contribution in [0, 0.1) is 11.3 Å². The standard InChI is InChI=1S/C17H15NO3S/c1-21-15-7-3-13(4-8-15)17(11-12-18)14-5-9-16(10-6-14)22(2,19)20/h3-11H,1-2H3/b17-11-. The lowest BCUT2D eigenvalue weighted by atomic mass is 9.98. The minimum atomic E-state index is -3.23. The summed E-state index contributed by atoms with van der Waals surface area (Å²) in [6, 6.07) is 15.8. The number of benzene rings is 2. The van der Waals surface area contributed by atoms with Crippen LogP contribution in [0.4, 0.5) is 0 Å². The fraction of sp³-hybridized carbons (Fsp3) is 0.118. The van der Waals surface area contributed by atoms with Crippen LogP contribution >= 0.6 is 0 Å². The lowest BCUT2D eigenvalue weighted by molar-refractivity contribution is 0.415. The lowest BCUT2D eigenvalue weighted by Gasteiger charge is -2.09. The number of rotatable bonds is 4. The second-order valence-electron chi connectivity index (χ2n) is 4.71. The molecule has 0 heterocycles. The molecule has 0 spiro atoms. The van der Waals surface area contributed by atoms with E-state index in [-0.39, 0.29) is 4.90 Å². The molecule has 0 atom stereocenters. The van der Waals surface area contributed by atoms with Gasteiger partial charge in [-0.05, 0) is 41.0 Å². The Morgan fingerprint density at radius 1 is 1.05 bits per heavy atom. The molecule has 0 aliphatic rings. The molecule has 0 radical (unpaired) electrons. The number of sulfone groups is 1. The third-order valence-corrected chi connectivity index (χ3v) is 4.33. The van der Waals surface area contributed by atoms with Crippen molar-refractivity contribution in [2.45, 2.75) is 4.90 Å². The van der Waals surface area contributed by atoms with E-state index in [0.29, 0.717) is 0 Å². The summed E-state index contributed by atoms with van der Waals surface area (Å²) in [5.74, 6) is 0.729. The quantitative estimate of drug-likeness (QED) is 0.814. The highest BCUT2D eigenvalue weighted by molar-refractivity contribution is 7.90. The zero-order valence-corrected chi connectivity index (χ0v) is 13.1. The van der Waals surface area contributed by atoms with E-state index >= 15 is 0 Å². The van der Waals surface area contributed by atoms with Gasteiger partial charge in [0, 0.05) is 12.3 Å². The summed E-state index contributed by atoms with van der Waals surface area (Å²) >= 11 is 0. The van der Waals surface area contributed by atoms with Crippen molar-refractivity contribution in [2.75, 3.05) is 13.4 Å². The van der Waals surface area contributed by atoms with Crippen molar-refractivity contribution in [3.63, 3.8) is 0 Å². The molecule has 4 nitrogen and oxygen atoms in total. The third kappa shape index (κ3) is 3.54. The molecule has 2 rings (SSSR count). The van der Waals surface area contributed by atoms with Crippen LogP contribution in [0.15, 0.2) is 59.5 Å². The van der Waals surface area contributed by atoms with Gasteiger partial charge in [-0.2, -0.15) is 5.26 Å². The van der Waals surface area contributed by atoms with Gasteiger partial charge in [0.15, 0.2) is 9.84 Å². The number of methoxy groups -OCH3 is 1. The Hall–Kier alpha value is -2.58. The van der Waals surface area contributed by atoms with Crippen molar-refractivity contribution in [2.24, 2.45) is 0 Å². The van der Waals surface area contributed by atoms with E-state index in [1.807, 2.05) is 30.3 Å². The summed E-state index contributed by atoms with van der Waals surface area (Å²) in [4.78, 5) is 0.252. The molecule has 0 N–H and O–H groups in total. The van der Waals surface area contributed by atoms with Gasteiger partial charge in [0.1, 0.15) is 5.75 Å². The number of nitriles is 1. The highest BCUT2D eigenvalue weighted by Gasteiger charge is 2.09. The van der Waals surface area contributed by atoms with Crippen molar-refractivity contribution < 1.29 is 13.2 Å². The van der Waals surface area contributed by atoms with Crippen LogP contribution in [-0.2, 0) is 9.84 Å². The molecule has 0 fully saturated rings. The average Bonchev–Trinajstić information content (AvgIpc) is 2.52. The number of hydrogen-bond donors (Lipinski definition) is 0. The molecular weight excluding hydrogens is 298 g/mol. The van der Waals surface area contributed by atoms with Gasteiger partial charge in [0.25, 0.3) is 0 Å². The summed E-state index contributed by atoms with van der Waals surface area (Å²) < 4.78 is 28.1. The second-order valence-corrected chi connectivity index (χ2v) is 6.73. The van der Waals surface area contributed by atoms with E-state index in [9.17, 15) is 8.42 Å². The van der Waals surface area contributed by atoms with Gasteiger partial charge in [0.2, 0.25) is 0 Å². The molecule has 0 aromatic heterocycles. The topological polar surface area (TPSA) is 67.2 Å². The first kappa shape index (κ1) is 15.8. The Bertz CT molecular complexity index is 827. The maximum Gasteiger partial charge on any atom is 0.175 e. The molecule has 22 heavy (non-hydrogen) atoms. The molecule has 2 aromatic rings. The summed E-state index contributed by atoms with van der Waals surface area (Å²) in [6.45, 7) is 0. The monoisotopic (exact) mass is 313 g/mol. The van der Waals surface area contributed by atoms with Gasteiger partial charge in [0.05, 0.1) is 18.1 Å². The summed E-state index contributed by atoms with van der Waals surface area (Å²) in [6.07, 6.45) is 2.61. The van der Waals surface area contributed by atoms with Crippen LogP contribution in [0.5, 0.6) is 5.75 Å². The van der Waals surface area contributed by atoms with E-state index in [1.54, 1.807) is 31.4 Å². The smallest absolute Gasteiger partial charge is 0.175 e. The zero-order chi connectivity index (χ0) is 16.2. The largest absolute Gasteiger partial charge is 0.497 e. The number of allylic oxidation sites excluding steroid dienone is 1. The van der Waals surface area contributed by atoms with Crippen LogP contribution in [0.25, 0.3) is 5.57 Å². The summed E-state index contributed by atoms with van der Waals surface area (Å²) in [7, 11) is -1.64. The van der Waals surface area contributed by atoms with Gasteiger partial charge in [-0.3, -0.25) is 0 Å². The SMILES string of the molecule is COc1ccc(/C(=C/C#N)c2ccc(S(C)(=O)=O)cc2)cc1. The van der Waals surface area contributed by atoms with Crippen molar-refractivity contribution >= 4 is 15.4 Å². The Morgan fingerprint density at radius 2 is 1.55 bits per heavy atom. The average molecular weight is 313 g/mol. The van der Waals surface area contributed by atoms with Crippen LogP contribution in [0.1, 0.15) is 11.1 Å². The minimum absolute atomic E-state index is 0.252. The minimum Gasteiger partial charge on any atom is -0.497 e. The fourth-order valence-corrected chi connectivity index (χ4v) is 2.68. The molecule has 0 saturated heterocycles. The first-order valence-electron chi connectivity index (χ1n) is 6.50. The van der Waals surface area contributed by atoms with Gasteiger partial charge in [-0.1, -0.05) is 24.3 Å². The molecule has 2 aromatic carbocycles. The number of nitrogens with zero attached hydrogens (tertiary/aromatic N) is 1. The van der Waals surface area contributed by atoms with Crippen LogP contribution in [-0.4, -0.2) is 21.8 Å². The predicted molar refractivity (Wildman–Crippen MR) is 85.2 cm³/mol. The maximum atomic E-state index is 11.5. The van der Waals surface area contributed by atoms with Gasteiger partial charge in [-0.25, -0.2) is 8.42 Å². The molecular formula is C17H15NO3S. The maximum absolute atomic E-state index is 11.5. The Labute approximate surface area is 130 Å². The highest BCUT2D eigenvalue weighted by Crippen LogP contribution is 2.26. The molecule has 0 aliphatic carbocycles. The van der Waals surface area contributed by atoms with Crippen LogP contribution in [0.3, 0.4) is 0 Å². The van der Waals surface area contributed by atoms with Crippen molar-refractivity contribution in [1.82, 2.24) is 0 Å². The highest BCUT2D eigenvalue weighted by atomic mass is 32.2. The van der Waals surface area contributed by atoms with E-state index < -0.39 is 9.84 Å². The van der Waals surface area contributed by atoms with Crippen molar-refractivity contribution in [1.29, 1.82) is 5.26 Å². The summed E-state index contributed by atoms with van der Waals surface area (Å²) in [5.41, 5.74) is 2.36. The predicted octanol–water partition coefficient (Wildman–Crippen LogP) is 3.05. The van der Waals surface area contributed by atoms with E-state index in [4.69, 9.17) is 10.00 Å². The van der Waals surface area contributed by atoms with E-state index in [1.165, 1.54) is 6.08 Å². The first-order chi connectivity index (χ1) is 10.5. The Kier molecular flexibility index (Phi) is 4.64. The van der Waals surface area contributed by atoms with E-state index in [2.05, 4.69) is 0 Å². The van der Waals surface area contributed by atoms with E-state index in [0.717, 1.165) is 28.7 Å². The lowest BCUT2D eigenvalue weighted by Crippen LogP contribution is -1.97. The number of hydrogen-bond acceptors (Lipinski definition) is 4. The van der Waals surface area contributed by atoms with Gasteiger partial charge >= 0.3 is 0 Å². The van der Waals surface area contributed by atoms with Crippen LogP contribution in [0.2, 0.25) is 0 Å². The molecule has 112 valence electrons. The molecule has 0 amide bonds. The Morgan fingerprint density at radius 3 is 1.95 bits per heavy atom.